The minimum atomic E-state index is 0.813. The van der Waals surface area contributed by atoms with Crippen LogP contribution in [0.4, 0.5) is 5.69 Å². The zero-order valence-corrected chi connectivity index (χ0v) is 8.89. The molecule has 0 unspecified atom stereocenters. The van der Waals surface area contributed by atoms with Crippen molar-refractivity contribution in [3.63, 3.8) is 0 Å². The molecular formula is C11H15N3O. The highest BCUT2D eigenvalue weighted by Gasteiger charge is 2.08. The highest BCUT2D eigenvalue weighted by molar-refractivity contribution is 5.42. The maximum Gasteiger partial charge on any atom is 0.121 e. The van der Waals surface area contributed by atoms with Crippen molar-refractivity contribution in [2.75, 3.05) is 20.2 Å². The third-order valence-electron chi connectivity index (χ3n) is 2.42. The molecule has 1 aliphatic rings. The van der Waals surface area contributed by atoms with Crippen LogP contribution in [0.1, 0.15) is 12.8 Å². The Morgan fingerprint density at radius 2 is 2.07 bits per heavy atom. The van der Waals surface area contributed by atoms with E-state index in [9.17, 15) is 0 Å². The molecule has 4 heteroatoms. The predicted octanol–water partition coefficient (Wildman–Crippen LogP) is 2.79. The molecule has 0 amide bonds. The van der Waals surface area contributed by atoms with Gasteiger partial charge in [0.25, 0.3) is 0 Å². The quantitative estimate of drug-likeness (QED) is 0.711. The van der Waals surface area contributed by atoms with Gasteiger partial charge in [0.05, 0.1) is 12.8 Å². The molecule has 0 saturated carbocycles. The zero-order valence-electron chi connectivity index (χ0n) is 8.89. The van der Waals surface area contributed by atoms with Gasteiger partial charge in [-0.2, -0.15) is 0 Å². The monoisotopic (exact) mass is 205 g/mol. The fraction of sp³-hybridized carbons (Fsp3) is 0.455. The molecule has 15 heavy (non-hydrogen) atoms. The summed E-state index contributed by atoms with van der Waals surface area (Å²) >= 11 is 0. The molecule has 0 aromatic heterocycles. The van der Waals surface area contributed by atoms with Gasteiger partial charge in [-0.15, -0.1) is 5.11 Å². The summed E-state index contributed by atoms with van der Waals surface area (Å²) in [7, 11) is 1.65. The summed E-state index contributed by atoms with van der Waals surface area (Å²) in [6.45, 7) is 2.04. The van der Waals surface area contributed by atoms with Gasteiger partial charge in [-0.25, -0.2) is 0 Å². The van der Waals surface area contributed by atoms with E-state index in [-0.39, 0.29) is 0 Å². The number of nitrogens with zero attached hydrogens (tertiary/aromatic N) is 3. The Kier molecular flexibility index (Phi) is 3.17. The maximum atomic E-state index is 5.11. The highest BCUT2D eigenvalue weighted by atomic mass is 16.5. The van der Waals surface area contributed by atoms with Gasteiger partial charge in [0, 0.05) is 19.2 Å². The average Bonchev–Trinajstić information content (AvgIpc) is 2.79. The third kappa shape index (κ3) is 2.68. The van der Waals surface area contributed by atoms with Gasteiger partial charge in [0.1, 0.15) is 5.75 Å². The Balaban J connectivity index is 2.02. The van der Waals surface area contributed by atoms with Crippen LogP contribution in [0.2, 0.25) is 0 Å². The topological polar surface area (TPSA) is 37.2 Å². The fourth-order valence-electron chi connectivity index (χ4n) is 1.58. The first kappa shape index (κ1) is 9.96. The summed E-state index contributed by atoms with van der Waals surface area (Å²) in [6, 6.07) is 7.60. The van der Waals surface area contributed by atoms with E-state index in [4.69, 9.17) is 4.74 Å². The van der Waals surface area contributed by atoms with Crippen molar-refractivity contribution in [1.29, 1.82) is 0 Å². The number of ether oxygens (including phenoxy) is 1. The first-order valence-electron chi connectivity index (χ1n) is 5.19. The van der Waals surface area contributed by atoms with Crippen LogP contribution in [-0.4, -0.2) is 25.2 Å². The number of rotatable bonds is 3. The minimum Gasteiger partial charge on any atom is -0.497 e. The van der Waals surface area contributed by atoms with Gasteiger partial charge in [0.15, 0.2) is 0 Å². The summed E-state index contributed by atoms with van der Waals surface area (Å²) in [5.74, 6) is 0.813. The van der Waals surface area contributed by atoms with E-state index in [0.29, 0.717) is 0 Å². The Morgan fingerprint density at radius 3 is 2.80 bits per heavy atom. The van der Waals surface area contributed by atoms with Gasteiger partial charge < -0.3 is 4.74 Å². The summed E-state index contributed by atoms with van der Waals surface area (Å²) in [6.07, 6.45) is 2.44. The highest BCUT2D eigenvalue weighted by Crippen LogP contribution is 2.20. The van der Waals surface area contributed by atoms with E-state index < -0.39 is 0 Å². The van der Waals surface area contributed by atoms with Crippen LogP contribution < -0.4 is 4.74 Å². The Hall–Kier alpha value is -1.58. The molecule has 1 heterocycles. The predicted molar refractivity (Wildman–Crippen MR) is 58.3 cm³/mol. The average molecular weight is 205 g/mol. The van der Waals surface area contributed by atoms with Crippen molar-refractivity contribution in [2.24, 2.45) is 10.3 Å². The molecule has 0 bridgehead atoms. The minimum absolute atomic E-state index is 0.813. The normalized spacial score (nSPS) is 16.2. The van der Waals surface area contributed by atoms with Gasteiger partial charge in [0.2, 0.25) is 0 Å². The van der Waals surface area contributed by atoms with Crippen LogP contribution in [0.5, 0.6) is 5.75 Å². The number of methoxy groups -OCH3 is 1. The lowest BCUT2D eigenvalue weighted by Crippen LogP contribution is -2.09. The summed E-state index contributed by atoms with van der Waals surface area (Å²) in [5, 5.41) is 10.3. The van der Waals surface area contributed by atoms with Crippen molar-refractivity contribution < 1.29 is 4.74 Å². The van der Waals surface area contributed by atoms with Crippen molar-refractivity contribution in [2.45, 2.75) is 12.8 Å². The fourth-order valence-corrected chi connectivity index (χ4v) is 1.58. The van der Waals surface area contributed by atoms with Crippen molar-refractivity contribution in [3.05, 3.63) is 24.3 Å². The third-order valence-corrected chi connectivity index (χ3v) is 2.42. The second-order valence-corrected chi connectivity index (χ2v) is 3.55. The Labute approximate surface area is 89.5 Å². The first-order chi connectivity index (χ1) is 7.38. The van der Waals surface area contributed by atoms with E-state index in [1.165, 1.54) is 12.8 Å². The standard InChI is InChI=1S/C11H15N3O/c1-15-11-6-4-5-10(9-11)12-13-14-7-2-3-8-14/h4-6,9H,2-3,7-8H2,1H3. The second-order valence-electron chi connectivity index (χ2n) is 3.55. The molecule has 0 spiro atoms. The number of hydrogen-bond donors (Lipinski definition) is 0. The van der Waals surface area contributed by atoms with Gasteiger partial charge in [-0.3, -0.25) is 5.01 Å². The number of benzene rings is 1. The largest absolute Gasteiger partial charge is 0.497 e. The van der Waals surface area contributed by atoms with E-state index in [1.807, 2.05) is 29.3 Å². The molecule has 1 aliphatic heterocycles. The van der Waals surface area contributed by atoms with E-state index >= 15 is 0 Å². The van der Waals surface area contributed by atoms with Gasteiger partial charge in [-0.1, -0.05) is 11.3 Å². The van der Waals surface area contributed by atoms with Crippen molar-refractivity contribution in [1.82, 2.24) is 5.01 Å². The smallest absolute Gasteiger partial charge is 0.121 e. The molecule has 4 nitrogen and oxygen atoms in total. The molecule has 2 rings (SSSR count). The summed E-state index contributed by atoms with van der Waals surface area (Å²) < 4.78 is 5.11. The van der Waals surface area contributed by atoms with E-state index in [0.717, 1.165) is 24.5 Å². The van der Waals surface area contributed by atoms with Gasteiger partial charge in [-0.05, 0) is 25.0 Å². The van der Waals surface area contributed by atoms with Crippen LogP contribution in [0.15, 0.2) is 34.6 Å². The van der Waals surface area contributed by atoms with E-state index in [2.05, 4.69) is 10.3 Å². The first-order valence-corrected chi connectivity index (χ1v) is 5.19. The molecule has 0 N–H and O–H groups in total. The number of hydrogen-bond acceptors (Lipinski definition) is 3. The molecule has 1 aromatic rings. The molecule has 1 aromatic carbocycles. The lowest BCUT2D eigenvalue weighted by molar-refractivity contribution is 0.336. The molecular weight excluding hydrogens is 190 g/mol. The molecule has 80 valence electrons. The Morgan fingerprint density at radius 1 is 1.27 bits per heavy atom. The second kappa shape index (κ2) is 4.77. The SMILES string of the molecule is COc1cccc(N=NN2CCCC2)c1. The summed E-state index contributed by atoms with van der Waals surface area (Å²) in [5.41, 5.74) is 0.834. The maximum absolute atomic E-state index is 5.11. The lowest BCUT2D eigenvalue weighted by atomic mass is 10.3. The van der Waals surface area contributed by atoms with Crippen LogP contribution in [-0.2, 0) is 0 Å². The Bertz CT molecular complexity index is 345. The van der Waals surface area contributed by atoms with E-state index in [1.54, 1.807) is 7.11 Å². The molecule has 0 atom stereocenters. The van der Waals surface area contributed by atoms with Crippen LogP contribution >= 0.6 is 0 Å². The molecule has 0 radical (unpaired) electrons. The van der Waals surface area contributed by atoms with Crippen molar-refractivity contribution in [3.8, 4) is 5.75 Å². The van der Waals surface area contributed by atoms with Crippen LogP contribution in [0.25, 0.3) is 0 Å². The van der Waals surface area contributed by atoms with Crippen molar-refractivity contribution >= 4 is 5.69 Å². The molecule has 1 saturated heterocycles. The summed E-state index contributed by atoms with van der Waals surface area (Å²) in [4.78, 5) is 0. The van der Waals surface area contributed by atoms with Gasteiger partial charge >= 0.3 is 0 Å². The zero-order chi connectivity index (χ0) is 10.5. The molecule has 1 fully saturated rings. The molecule has 0 aliphatic carbocycles. The van der Waals surface area contributed by atoms with Crippen LogP contribution in [0.3, 0.4) is 0 Å². The lowest BCUT2D eigenvalue weighted by Gasteiger charge is -2.06. The van der Waals surface area contributed by atoms with Crippen LogP contribution in [0, 0.1) is 0 Å².